The van der Waals surface area contributed by atoms with E-state index in [1.54, 1.807) is 19.5 Å². The Morgan fingerprint density at radius 3 is 2.47 bits per heavy atom. The van der Waals surface area contributed by atoms with Crippen LogP contribution in [0.3, 0.4) is 0 Å². The van der Waals surface area contributed by atoms with Gasteiger partial charge in [-0.05, 0) is 56.2 Å². The van der Waals surface area contributed by atoms with Crippen LogP contribution in [0, 0.1) is 0 Å². The number of thioether (sulfide) groups is 1. The van der Waals surface area contributed by atoms with E-state index in [0.717, 1.165) is 36.4 Å². The Bertz CT molecular complexity index is 1020. The molecule has 0 atom stereocenters. The van der Waals surface area contributed by atoms with Gasteiger partial charge in [0.15, 0.2) is 11.0 Å². The van der Waals surface area contributed by atoms with E-state index in [1.807, 2.05) is 45.9 Å². The second kappa shape index (κ2) is 10.6. The number of carbonyl (C=O) groups excluding carboxylic acids is 1. The number of aromatic nitrogens is 4. The van der Waals surface area contributed by atoms with Crippen molar-refractivity contribution < 1.29 is 9.53 Å². The van der Waals surface area contributed by atoms with Crippen molar-refractivity contribution in [3.63, 3.8) is 0 Å². The van der Waals surface area contributed by atoms with Crippen molar-refractivity contribution in [2.75, 3.05) is 19.4 Å². The van der Waals surface area contributed by atoms with Gasteiger partial charge in [0.1, 0.15) is 5.75 Å². The molecule has 168 valence electrons. The molecule has 1 aromatic carbocycles. The fraction of sp³-hybridized carbons (Fsp3) is 0.417. The molecule has 1 aliphatic rings. The van der Waals surface area contributed by atoms with E-state index in [0.29, 0.717) is 22.8 Å². The van der Waals surface area contributed by atoms with Gasteiger partial charge in [-0.25, -0.2) is 0 Å². The second-order valence-electron chi connectivity index (χ2n) is 7.84. The van der Waals surface area contributed by atoms with Crippen molar-refractivity contribution in [3.05, 3.63) is 48.8 Å². The molecular weight excluding hydrogens is 422 g/mol. The third-order valence-corrected chi connectivity index (χ3v) is 6.82. The molecule has 3 aromatic rings. The number of benzene rings is 1. The van der Waals surface area contributed by atoms with Gasteiger partial charge in [-0.15, -0.1) is 10.2 Å². The van der Waals surface area contributed by atoms with Crippen molar-refractivity contribution >= 4 is 17.7 Å². The molecule has 4 rings (SSSR count). The van der Waals surface area contributed by atoms with Crippen molar-refractivity contribution in [1.29, 1.82) is 0 Å². The van der Waals surface area contributed by atoms with Crippen LogP contribution in [-0.4, -0.2) is 56.0 Å². The van der Waals surface area contributed by atoms with Crippen LogP contribution in [-0.2, 0) is 4.79 Å². The summed E-state index contributed by atoms with van der Waals surface area (Å²) in [7, 11) is 1.65. The van der Waals surface area contributed by atoms with Crippen molar-refractivity contribution in [1.82, 2.24) is 24.6 Å². The maximum atomic E-state index is 13.1. The van der Waals surface area contributed by atoms with E-state index >= 15 is 0 Å². The zero-order valence-corrected chi connectivity index (χ0v) is 19.4. The zero-order chi connectivity index (χ0) is 22.3. The lowest BCUT2D eigenvalue weighted by atomic mass is 9.94. The number of carbonyl (C=O) groups is 1. The quantitative estimate of drug-likeness (QED) is 0.466. The molecule has 1 aliphatic carbocycles. The summed E-state index contributed by atoms with van der Waals surface area (Å²) in [6, 6.07) is 11.9. The number of ether oxygens (including phenoxy) is 1. The standard InChI is InChI=1S/C24H29N5O2S/c1-3-28(19-7-5-4-6-8-19)22(30)17-32-24-27-26-23(18-13-15-25-16-14-18)29(24)20-9-11-21(31-2)12-10-20/h9-16,19H,3-8,17H2,1-2H3. The summed E-state index contributed by atoms with van der Waals surface area (Å²) in [5.74, 6) is 2.00. The first-order chi connectivity index (χ1) is 15.7. The number of pyridine rings is 1. The molecule has 1 amide bonds. The smallest absolute Gasteiger partial charge is 0.233 e. The highest BCUT2D eigenvalue weighted by molar-refractivity contribution is 7.99. The van der Waals surface area contributed by atoms with Crippen molar-refractivity contribution in [2.24, 2.45) is 0 Å². The average Bonchev–Trinajstić information content (AvgIpc) is 3.28. The fourth-order valence-corrected chi connectivity index (χ4v) is 5.09. The molecule has 0 N–H and O–H groups in total. The first-order valence-electron chi connectivity index (χ1n) is 11.1. The number of amides is 1. The predicted molar refractivity (Wildman–Crippen MR) is 126 cm³/mol. The first-order valence-corrected chi connectivity index (χ1v) is 12.1. The van der Waals surface area contributed by atoms with Crippen LogP contribution >= 0.6 is 11.8 Å². The van der Waals surface area contributed by atoms with Gasteiger partial charge in [-0.2, -0.15) is 0 Å². The molecule has 0 aliphatic heterocycles. The Morgan fingerprint density at radius 1 is 1.09 bits per heavy atom. The van der Waals surface area contributed by atoms with Gasteiger partial charge >= 0.3 is 0 Å². The number of nitrogens with zero attached hydrogens (tertiary/aromatic N) is 5. The van der Waals surface area contributed by atoms with Crippen LogP contribution in [0.5, 0.6) is 5.75 Å². The minimum Gasteiger partial charge on any atom is -0.497 e. The zero-order valence-electron chi connectivity index (χ0n) is 18.6. The van der Waals surface area contributed by atoms with E-state index in [9.17, 15) is 4.79 Å². The highest BCUT2D eigenvalue weighted by atomic mass is 32.2. The third kappa shape index (κ3) is 4.96. The molecule has 7 nitrogen and oxygen atoms in total. The fourth-order valence-electron chi connectivity index (χ4n) is 4.26. The lowest BCUT2D eigenvalue weighted by Gasteiger charge is -2.33. The molecule has 0 radical (unpaired) electrons. The lowest BCUT2D eigenvalue weighted by Crippen LogP contribution is -2.42. The van der Waals surface area contributed by atoms with Gasteiger partial charge in [0.2, 0.25) is 5.91 Å². The Balaban J connectivity index is 1.59. The van der Waals surface area contributed by atoms with Gasteiger partial charge < -0.3 is 9.64 Å². The van der Waals surface area contributed by atoms with Gasteiger partial charge in [-0.1, -0.05) is 31.0 Å². The Labute approximate surface area is 193 Å². The Kier molecular flexibility index (Phi) is 7.42. The van der Waals surface area contributed by atoms with E-state index in [2.05, 4.69) is 22.1 Å². The van der Waals surface area contributed by atoms with Gasteiger partial charge in [-0.3, -0.25) is 14.3 Å². The summed E-state index contributed by atoms with van der Waals surface area (Å²) in [4.78, 5) is 19.2. The molecule has 2 heterocycles. The van der Waals surface area contributed by atoms with Crippen LogP contribution in [0.1, 0.15) is 39.0 Å². The monoisotopic (exact) mass is 451 g/mol. The summed E-state index contributed by atoms with van der Waals surface area (Å²) >= 11 is 1.43. The first kappa shape index (κ1) is 22.3. The maximum absolute atomic E-state index is 13.1. The molecule has 1 fully saturated rings. The minimum atomic E-state index is 0.166. The lowest BCUT2D eigenvalue weighted by molar-refractivity contribution is -0.131. The number of hydrogen-bond acceptors (Lipinski definition) is 6. The summed E-state index contributed by atoms with van der Waals surface area (Å²) in [5.41, 5.74) is 1.83. The Hall–Kier alpha value is -2.87. The van der Waals surface area contributed by atoms with E-state index < -0.39 is 0 Å². The van der Waals surface area contributed by atoms with Crippen molar-refractivity contribution in [3.8, 4) is 22.8 Å². The summed E-state index contributed by atoms with van der Waals surface area (Å²) in [6.45, 7) is 2.82. The minimum absolute atomic E-state index is 0.166. The number of hydrogen-bond donors (Lipinski definition) is 0. The van der Waals surface area contributed by atoms with Crippen LogP contribution in [0.25, 0.3) is 17.1 Å². The van der Waals surface area contributed by atoms with Gasteiger partial charge in [0.05, 0.1) is 12.9 Å². The topological polar surface area (TPSA) is 73.1 Å². The third-order valence-electron chi connectivity index (χ3n) is 5.90. The molecule has 0 bridgehead atoms. The maximum Gasteiger partial charge on any atom is 0.233 e. The molecular formula is C24H29N5O2S. The van der Waals surface area contributed by atoms with Crippen LogP contribution in [0.15, 0.2) is 53.9 Å². The summed E-state index contributed by atoms with van der Waals surface area (Å²) in [6.07, 6.45) is 9.39. The molecule has 0 spiro atoms. The predicted octanol–water partition coefficient (Wildman–Crippen LogP) is 4.61. The van der Waals surface area contributed by atoms with Crippen molar-refractivity contribution in [2.45, 2.75) is 50.2 Å². The largest absolute Gasteiger partial charge is 0.497 e. The number of rotatable bonds is 8. The molecule has 32 heavy (non-hydrogen) atoms. The second-order valence-corrected chi connectivity index (χ2v) is 8.78. The van der Waals surface area contributed by atoms with E-state index in [-0.39, 0.29) is 5.91 Å². The van der Waals surface area contributed by atoms with E-state index in [4.69, 9.17) is 4.74 Å². The number of methoxy groups -OCH3 is 1. The van der Waals surface area contributed by atoms with Gasteiger partial charge in [0, 0.05) is 36.2 Å². The molecule has 1 saturated carbocycles. The Morgan fingerprint density at radius 2 is 1.81 bits per heavy atom. The highest BCUT2D eigenvalue weighted by Gasteiger charge is 2.25. The normalized spacial score (nSPS) is 14.3. The van der Waals surface area contributed by atoms with E-state index in [1.165, 1.54) is 31.0 Å². The molecule has 0 unspecified atom stereocenters. The van der Waals surface area contributed by atoms with Gasteiger partial charge in [0.25, 0.3) is 0 Å². The molecule has 2 aromatic heterocycles. The van der Waals surface area contributed by atoms with Crippen LogP contribution in [0.4, 0.5) is 0 Å². The summed E-state index contributed by atoms with van der Waals surface area (Å²) in [5, 5.41) is 9.57. The SMILES string of the molecule is CCN(C(=O)CSc1nnc(-c2ccncc2)n1-c1ccc(OC)cc1)C1CCCCC1. The van der Waals surface area contributed by atoms with Crippen LogP contribution < -0.4 is 4.74 Å². The molecule has 8 heteroatoms. The highest BCUT2D eigenvalue weighted by Crippen LogP contribution is 2.29. The summed E-state index contributed by atoms with van der Waals surface area (Å²) < 4.78 is 7.29. The average molecular weight is 452 g/mol. The van der Waals surface area contributed by atoms with Crippen LogP contribution in [0.2, 0.25) is 0 Å². The molecule has 0 saturated heterocycles.